The van der Waals surface area contributed by atoms with E-state index >= 15 is 0 Å². The molecule has 0 aromatic rings. The molecule has 1 atom stereocenters. The molecule has 1 fully saturated rings. The van der Waals surface area contributed by atoms with Gasteiger partial charge in [-0.05, 0) is 34.6 Å². The van der Waals surface area contributed by atoms with Crippen molar-refractivity contribution in [2.75, 3.05) is 32.7 Å². The summed E-state index contributed by atoms with van der Waals surface area (Å²) in [6.45, 7) is 13.0. The van der Waals surface area contributed by atoms with Crippen molar-refractivity contribution in [3.8, 4) is 0 Å². The molecule has 0 aromatic heterocycles. The van der Waals surface area contributed by atoms with Crippen molar-refractivity contribution < 1.29 is 14.3 Å². The molecular weight excluding hydrogens is 270 g/mol. The van der Waals surface area contributed by atoms with Gasteiger partial charge in [-0.3, -0.25) is 4.79 Å². The lowest BCUT2D eigenvalue weighted by atomic mass is 10.1. The highest BCUT2D eigenvalue weighted by atomic mass is 16.6. The molecule has 1 heterocycles. The van der Waals surface area contributed by atoms with Crippen LogP contribution in [0, 0.1) is 0 Å². The molecule has 1 saturated heterocycles. The Kier molecular flexibility index (Phi) is 6.45. The average Bonchev–Trinajstić information content (AvgIpc) is 2.38. The van der Waals surface area contributed by atoms with Gasteiger partial charge in [0.1, 0.15) is 5.60 Å². The third-order valence-corrected chi connectivity index (χ3v) is 3.44. The SMILES string of the molecule is CCN(C(=O)OC(C)(C)C)C(C)CC(=O)N1CCNCC1. The Morgan fingerprint density at radius 1 is 1.29 bits per heavy atom. The van der Waals surface area contributed by atoms with E-state index in [0.29, 0.717) is 13.0 Å². The van der Waals surface area contributed by atoms with Gasteiger partial charge in [-0.2, -0.15) is 0 Å². The average molecular weight is 299 g/mol. The van der Waals surface area contributed by atoms with Crippen LogP contribution in [0.15, 0.2) is 0 Å². The highest BCUT2D eigenvalue weighted by molar-refractivity contribution is 5.78. The Labute approximate surface area is 127 Å². The van der Waals surface area contributed by atoms with E-state index in [-0.39, 0.29) is 18.0 Å². The molecule has 0 aliphatic carbocycles. The fraction of sp³-hybridized carbons (Fsp3) is 0.867. The smallest absolute Gasteiger partial charge is 0.410 e. The van der Waals surface area contributed by atoms with E-state index in [9.17, 15) is 9.59 Å². The predicted molar refractivity (Wildman–Crippen MR) is 82.1 cm³/mol. The van der Waals surface area contributed by atoms with Crippen molar-refractivity contribution in [3.63, 3.8) is 0 Å². The van der Waals surface area contributed by atoms with Crippen LogP contribution in [-0.4, -0.2) is 66.2 Å². The Balaban J connectivity index is 2.55. The number of hydrogen-bond donors (Lipinski definition) is 1. The largest absolute Gasteiger partial charge is 0.444 e. The Hall–Kier alpha value is -1.30. The van der Waals surface area contributed by atoms with E-state index in [2.05, 4.69) is 5.32 Å². The molecule has 0 spiro atoms. The maximum atomic E-state index is 12.3. The molecule has 6 nitrogen and oxygen atoms in total. The zero-order chi connectivity index (χ0) is 16.0. The summed E-state index contributed by atoms with van der Waals surface area (Å²) < 4.78 is 5.39. The van der Waals surface area contributed by atoms with Gasteiger partial charge in [-0.25, -0.2) is 4.79 Å². The van der Waals surface area contributed by atoms with Crippen molar-refractivity contribution in [2.24, 2.45) is 0 Å². The number of ether oxygens (including phenoxy) is 1. The van der Waals surface area contributed by atoms with Crippen molar-refractivity contribution in [1.29, 1.82) is 0 Å². The minimum Gasteiger partial charge on any atom is -0.444 e. The van der Waals surface area contributed by atoms with E-state index in [1.54, 1.807) is 4.90 Å². The van der Waals surface area contributed by atoms with Crippen molar-refractivity contribution in [2.45, 2.75) is 52.7 Å². The summed E-state index contributed by atoms with van der Waals surface area (Å²) in [5.41, 5.74) is -0.521. The normalized spacial score (nSPS) is 17.3. The molecule has 0 bridgehead atoms. The maximum Gasteiger partial charge on any atom is 0.410 e. The van der Waals surface area contributed by atoms with Crippen LogP contribution in [0.5, 0.6) is 0 Å². The van der Waals surface area contributed by atoms with Crippen LogP contribution in [-0.2, 0) is 9.53 Å². The van der Waals surface area contributed by atoms with E-state index < -0.39 is 5.60 Å². The topological polar surface area (TPSA) is 61.9 Å². The lowest BCUT2D eigenvalue weighted by Crippen LogP contribution is -2.49. The van der Waals surface area contributed by atoms with Crippen LogP contribution in [0.2, 0.25) is 0 Å². The van der Waals surface area contributed by atoms with Crippen molar-refractivity contribution in [1.82, 2.24) is 15.1 Å². The molecule has 1 aliphatic rings. The lowest BCUT2D eigenvalue weighted by molar-refractivity contribution is -0.132. The van der Waals surface area contributed by atoms with Crippen LogP contribution in [0.4, 0.5) is 4.79 Å². The molecule has 122 valence electrons. The summed E-state index contributed by atoms with van der Waals surface area (Å²) in [4.78, 5) is 27.9. The van der Waals surface area contributed by atoms with Crippen molar-refractivity contribution in [3.05, 3.63) is 0 Å². The molecule has 0 aromatic carbocycles. The summed E-state index contributed by atoms with van der Waals surface area (Å²) >= 11 is 0. The highest BCUT2D eigenvalue weighted by Crippen LogP contribution is 2.14. The highest BCUT2D eigenvalue weighted by Gasteiger charge is 2.27. The molecular formula is C15H29N3O3. The summed E-state index contributed by atoms with van der Waals surface area (Å²) in [5.74, 6) is 0.103. The van der Waals surface area contributed by atoms with Gasteiger partial charge < -0.3 is 19.9 Å². The summed E-state index contributed by atoms with van der Waals surface area (Å²) in [5, 5.41) is 3.22. The van der Waals surface area contributed by atoms with Gasteiger partial charge in [-0.15, -0.1) is 0 Å². The first-order valence-electron chi connectivity index (χ1n) is 7.72. The molecule has 21 heavy (non-hydrogen) atoms. The zero-order valence-corrected chi connectivity index (χ0v) is 13.9. The fourth-order valence-electron chi connectivity index (χ4n) is 2.35. The van der Waals surface area contributed by atoms with Crippen molar-refractivity contribution >= 4 is 12.0 Å². The van der Waals surface area contributed by atoms with Gasteiger partial charge >= 0.3 is 6.09 Å². The number of amides is 2. The van der Waals surface area contributed by atoms with Gasteiger partial charge in [0.25, 0.3) is 0 Å². The number of nitrogens with zero attached hydrogens (tertiary/aromatic N) is 2. The Bertz CT molecular complexity index is 360. The molecule has 1 unspecified atom stereocenters. The monoisotopic (exact) mass is 299 g/mol. The van der Waals surface area contributed by atoms with Crippen LogP contribution in [0.25, 0.3) is 0 Å². The first-order valence-corrected chi connectivity index (χ1v) is 7.72. The van der Waals surface area contributed by atoms with Crippen LogP contribution >= 0.6 is 0 Å². The van der Waals surface area contributed by atoms with Crippen LogP contribution in [0.3, 0.4) is 0 Å². The summed E-state index contributed by atoms with van der Waals surface area (Å²) in [6, 6.07) is -0.160. The minimum atomic E-state index is -0.521. The molecule has 1 aliphatic heterocycles. The van der Waals surface area contributed by atoms with Gasteiger partial charge in [0.2, 0.25) is 5.91 Å². The molecule has 1 N–H and O–H groups in total. The van der Waals surface area contributed by atoms with E-state index in [4.69, 9.17) is 4.74 Å². The first-order chi connectivity index (χ1) is 9.74. The van der Waals surface area contributed by atoms with Gasteiger partial charge in [0.15, 0.2) is 0 Å². The summed E-state index contributed by atoms with van der Waals surface area (Å²) in [6.07, 6.45) is -0.0156. The van der Waals surface area contributed by atoms with E-state index in [1.807, 2.05) is 39.5 Å². The maximum absolute atomic E-state index is 12.3. The van der Waals surface area contributed by atoms with E-state index in [1.165, 1.54) is 0 Å². The predicted octanol–water partition coefficient (Wildman–Crippen LogP) is 1.45. The number of hydrogen-bond acceptors (Lipinski definition) is 4. The second-order valence-electron chi connectivity index (χ2n) is 6.45. The Morgan fingerprint density at radius 2 is 1.86 bits per heavy atom. The number of carbonyl (C=O) groups excluding carboxylic acids is 2. The number of carbonyl (C=O) groups is 2. The zero-order valence-electron chi connectivity index (χ0n) is 13.9. The number of nitrogens with one attached hydrogen (secondary N) is 1. The number of rotatable bonds is 4. The second kappa shape index (κ2) is 7.64. The third kappa shape index (κ3) is 5.91. The standard InChI is InChI=1S/C15H29N3O3/c1-6-18(14(20)21-15(3,4)5)12(2)11-13(19)17-9-7-16-8-10-17/h12,16H,6-11H2,1-5H3. The Morgan fingerprint density at radius 3 is 2.33 bits per heavy atom. The van der Waals surface area contributed by atoms with Crippen LogP contribution < -0.4 is 5.32 Å². The molecule has 0 saturated carbocycles. The van der Waals surface area contributed by atoms with E-state index in [0.717, 1.165) is 26.2 Å². The van der Waals surface area contributed by atoms with Crippen LogP contribution in [0.1, 0.15) is 41.0 Å². The molecule has 2 amide bonds. The molecule has 6 heteroatoms. The quantitative estimate of drug-likeness (QED) is 0.853. The third-order valence-electron chi connectivity index (χ3n) is 3.44. The second-order valence-corrected chi connectivity index (χ2v) is 6.45. The number of piperazine rings is 1. The van der Waals surface area contributed by atoms with Gasteiger partial charge in [0.05, 0.1) is 0 Å². The fourth-order valence-corrected chi connectivity index (χ4v) is 2.35. The first kappa shape index (κ1) is 17.8. The van der Waals surface area contributed by atoms with Gasteiger partial charge in [-0.1, -0.05) is 0 Å². The summed E-state index contributed by atoms with van der Waals surface area (Å²) in [7, 11) is 0. The van der Waals surface area contributed by atoms with Gasteiger partial charge in [0, 0.05) is 45.2 Å². The molecule has 1 rings (SSSR count). The molecule has 0 radical (unpaired) electrons. The lowest BCUT2D eigenvalue weighted by Gasteiger charge is -2.33. The minimum absolute atomic E-state index is 0.103.